The van der Waals surface area contributed by atoms with Crippen molar-refractivity contribution >= 4 is 17.2 Å². The lowest BCUT2D eigenvalue weighted by Gasteiger charge is -2.29. The maximum atomic E-state index is 6.50. The maximum absolute atomic E-state index is 6.50. The Bertz CT molecular complexity index is 939. The first kappa shape index (κ1) is 16.4. The lowest BCUT2D eigenvalue weighted by Crippen LogP contribution is -2.28. The molecule has 0 radical (unpaired) electrons. The monoisotopic (exact) mass is 345 g/mol. The van der Waals surface area contributed by atoms with Crippen molar-refractivity contribution in [2.75, 3.05) is 11.2 Å². The molecule has 132 valence electrons. The molecule has 1 aliphatic rings. The first-order chi connectivity index (χ1) is 12.5. The van der Waals surface area contributed by atoms with Crippen molar-refractivity contribution in [3.63, 3.8) is 0 Å². The zero-order chi connectivity index (χ0) is 18.1. The van der Waals surface area contributed by atoms with Crippen molar-refractivity contribution in [2.45, 2.75) is 26.7 Å². The normalized spacial score (nSPS) is 17.1. The van der Waals surface area contributed by atoms with E-state index in [-0.39, 0.29) is 5.41 Å². The molecule has 0 bridgehead atoms. The summed E-state index contributed by atoms with van der Waals surface area (Å²) < 4.78 is 1.82. The average Bonchev–Trinajstić information content (AvgIpc) is 2.96. The van der Waals surface area contributed by atoms with Crippen LogP contribution in [0, 0.1) is 5.41 Å². The summed E-state index contributed by atoms with van der Waals surface area (Å²) in [7, 11) is 0. The summed E-state index contributed by atoms with van der Waals surface area (Å²) in [6.07, 6.45) is 1.74. The number of para-hydroxylation sites is 2. The Hall–Kier alpha value is -3.08. The Morgan fingerprint density at radius 2 is 1.65 bits per heavy atom. The second kappa shape index (κ2) is 6.33. The van der Waals surface area contributed by atoms with Crippen molar-refractivity contribution in [1.82, 2.24) is 9.78 Å². The third kappa shape index (κ3) is 3.08. The van der Waals surface area contributed by atoms with Crippen LogP contribution in [0.2, 0.25) is 0 Å². The highest BCUT2D eigenvalue weighted by Gasteiger charge is 2.34. The molecular weight excluding hydrogens is 322 g/mol. The minimum absolute atomic E-state index is 0.0898. The van der Waals surface area contributed by atoms with E-state index in [1.165, 1.54) is 0 Å². The van der Waals surface area contributed by atoms with Crippen LogP contribution in [0.25, 0.3) is 5.69 Å². The van der Waals surface area contributed by atoms with Gasteiger partial charge in [0.25, 0.3) is 0 Å². The molecule has 5 heteroatoms. The van der Waals surface area contributed by atoms with Crippen LogP contribution in [0.1, 0.15) is 31.5 Å². The highest BCUT2D eigenvalue weighted by atomic mass is 15.3. The van der Waals surface area contributed by atoms with Gasteiger partial charge in [0.15, 0.2) is 0 Å². The van der Waals surface area contributed by atoms with Crippen LogP contribution >= 0.6 is 0 Å². The molecule has 0 amide bonds. The molecule has 0 fully saturated rings. The Morgan fingerprint density at radius 3 is 2.35 bits per heavy atom. The van der Waals surface area contributed by atoms with Gasteiger partial charge in [-0.3, -0.25) is 5.43 Å². The van der Waals surface area contributed by atoms with Crippen LogP contribution in [-0.4, -0.2) is 15.5 Å². The van der Waals surface area contributed by atoms with Crippen molar-refractivity contribution in [3.8, 4) is 5.69 Å². The summed E-state index contributed by atoms with van der Waals surface area (Å²) in [4.78, 5) is 0. The van der Waals surface area contributed by atoms with E-state index < -0.39 is 0 Å². The largest absolute Gasteiger partial charge is 0.383 e. The molecule has 0 spiro atoms. The minimum Gasteiger partial charge on any atom is -0.383 e. The number of nitrogens with two attached hydrogens (primary N) is 1. The summed E-state index contributed by atoms with van der Waals surface area (Å²) >= 11 is 0. The number of hydrogen-bond acceptors (Lipinski definition) is 4. The fourth-order valence-electron chi connectivity index (χ4n) is 3.48. The first-order valence-corrected chi connectivity index (χ1v) is 8.84. The topological polar surface area (TPSA) is 68.2 Å². The third-order valence-corrected chi connectivity index (χ3v) is 4.67. The average molecular weight is 345 g/mol. The van der Waals surface area contributed by atoms with Gasteiger partial charge >= 0.3 is 0 Å². The molecule has 5 nitrogen and oxygen atoms in total. The number of nitrogens with one attached hydrogen (secondary N) is 1. The van der Waals surface area contributed by atoms with Gasteiger partial charge in [-0.2, -0.15) is 10.2 Å². The fraction of sp³-hybridized carbons (Fsp3) is 0.238. The molecule has 1 heterocycles. The molecule has 0 saturated heterocycles. The van der Waals surface area contributed by atoms with Gasteiger partial charge in [-0.15, -0.1) is 0 Å². The van der Waals surface area contributed by atoms with E-state index in [9.17, 15) is 0 Å². The van der Waals surface area contributed by atoms with E-state index >= 15 is 0 Å². The Balaban J connectivity index is 1.77. The van der Waals surface area contributed by atoms with Crippen molar-refractivity contribution < 1.29 is 0 Å². The molecule has 3 aromatic rings. The molecule has 3 N–H and O–H groups in total. The number of nitrogen functional groups attached to an aromatic ring is 1. The third-order valence-electron chi connectivity index (χ3n) is 4.67. The molecular formula is C21H23N5. The number of benzene rings is 2. The molecule has 26 heavy (non-hydrogen) atoms. The Kier molecular flexibility index (Phi) is 3.99. The highest BCUT2D eigenvalue weighted by Crippen LogP contribution is 2.37. The summed E-state index contributed by atoms with van der Waals surface area (Å²) in [5, 5.41) is 9.50. The summed E-state index contributed by atoms with van der Waals surface area (Å²) in [6, 6.07) is 20.0. The molecule has 0 atom stereocenters. The number of anilines is 2. The first-order valence-electron chi connectivity index (χ1n) is 8.84. The van der Waals surface area contributed by atoms with Gasteiger partial charge in [-0.25, -0.2) is 4.68 Å². The van der Waals surface area contributed by atoms with Crippen LogP contribution in [0.4, 0.5) is 11.5 Å². The molecule has 1 aliphatic carbocycles. The van der Waals surface area contributed by atoms with Crippen LogP contribution < -0.4 is 11.2 Å². The van der Waals surface area contributed by atoms with Crippen molar-refractivity contribution in [2.24, 2.45) is 10.5 Å². The number of fused-ring (bicyclic) bond motifs is 1. The summed E-state index contributed by atoms with van der Waals surface area (Å²) in [5.74, 6) is 0.648. The SMILES string of the molecule is CC1(C)C/C(=N\Nc2ccccc2)c2c(nn(-c3ccccc3)c2N)C1. The van der Waals surface area contributed by atoms with Crippen molar-refractivity contribution in [1.29, 1.82) is 0 Å². The number of hydrogen-bond donors (Lipinski definition) is 2. The van der Waals surface area contributed by atoms with Crippen LogP contribution in [0.3, 0.4) is 0 Å². The van der Waals surface area contributed by atoms with Gasteiger partial charge < -0.3 is 5.73 Å². The quantitative estimate of drug-likeness (QED) is 0.698. The van der Waals surface area contributed by atoms with Gasteiger partial charge in [0, 0.05) is 0 Å². The Morgan fingerprint density at radius 1 is 1.00 bits per heavy atom. The molecule has 4 rings (SSSR count). The molecule has 1 aromatic heterocycles. The van der Waals surface area contributed by atoms with E-state index in [0.717, 1.165) is 41.2 Å². The number of nitrogens with zero attached hydrogens (tertiary/aromatic N) is 3. The van der Waals surface area contributed by atoms with E-state index in [1.54, 1.807) is 0 Å². The highest BCUT2D eigenvalue weighted by molar-refractivity contribution is 6.07. The second-order valence-corrected chi connectivity index (χ2v) is 7.51. The fourth-order valence-corrected chi connectivity index (χ4v) is 3.48. The van der Waals surface area contributed by atoms with Gasteiger partial charge in [0.2, 0.25) is 0 Å². The van der Waals surface area contributed by atoms with E-state index in [4.69, 9.17) is 15.9 Å². The number of aromatic nitrogens is 2. The zero-order valence-corrected chi connectivity index (χ0v) is 15.1. The molecule has 2 aromatic carbocycles. The van der Waals surface area contributed by atoms with Crippen LogP contribution in [0.15, 0.2) is 65.8 Å². The molecule has 0 unspecified atom stereocenters. The van der Waals surface area contributed by atoms with Crippen LogP contribution in [-0.2, 0) is 6.42 Å². The zero-order valence-electron chi connectivity index (χ0n) is 15.1. The van der Waals surface area contributed by atoms with E-state index in [0.29, 0.717) is 5.82 Å². The van der Waals surface area contributed by atoms with Crippen LogP contribution in [0.5, 0.6) is 0 Å². The van der Waals surface area contributed by atoms with Gasteiger partial charge in [0.05, 0.1) is 28.3 Å². The number of rotatable bonds is 3. The van der Waals surface area contributed by atoms with Gasteiger partial charge in [-0.05, 0) is 42.5 Å². The second-order valence-electron chi connectivity index (χ2n) is 7.51. The minimum atomic E-state index is 0.0898. The maximum Gasteiger partial charge on any atom is 0.136 e. The van der Waals surface area contributed by atoms with E-state index in [1.807, 2.05) is 65.3 Å². The lowest BCUT2D eigenvalue weighted by atomic mass is 9.76. The summed E-state index contributed by atoms with van der Waals surface area (Å²) in [6.45, 7) is 4.48. The van der Waals surface area contributed by atoms with Gasteiger partial charge in [0.1, 0.15) is 5.82 Å². The summed E-state index contributed by atoms with van der Waals surface area (Å²) in [5.41, 5.74) is 14.6. The van der Waals surface area contributed by atoms with E-state index in [2.05, 4.69) is 19.3 Å². The molecule has 0 aliphatic heterocycles. The molecule has 0 saturated carbocycles. The smallest absolute Gasteiger partial charge is 0.136 e. The predicted molar refractivity (Wildman–Crippen MR) is 107 cm³/mol. The Labute approximate surface area is 153 Å². The van der Waals surface area contributed by atoms with Gasteiger partial charge in [-0.1, -0.05) is 50.2 Å². The lowest BCUT2D eigenvalue weighted by molar-refractivity contribution is 0.367. The van der Waals surface area contributed by atoms with Crippen molar-refractivity contribution in [3.05, 3.63) is 71.9 Å². The number of hydrazone groups is 1. The predicted octanol–water partition coefficient (Wildman–Crippen LogP) is 4.24. The standard InChI is InChI=1S/C21H23N5/c1-21(2)13-17(24-23-15-9-5-3-6-10-15)19-18(14-21)25-26(20(19)22)16-11-7-4-8-12-16/h3-12,23H,13-14,22H2,1-2H3/b24-17+.